The predicted molar refractivity (Wildman–Crippen MR) is 114 cm³/mol. The highest BCUT2D eigenvalue weighted by Gasteiger charge is 2.28. The number of carbonyl (C=O) groups is 2. The topological polar surface area (TPSA) is 43.9 Å². The van der Waals surface area contributed by atoms with Crippen LogP contribution in [-0.4, -0.2) is 60.1 Å². The molecule has 0 atom stereocenters. The number of hydrogen-bond acceptors (Lipinski definition) is 4. The first-order valence-electron chi connectivity index (χ1n) is 9.48. The number of amides is 2. The minimum atomic E-state index is -0.0115. The summed E-state index contributed by atoms with van der Waals surface area (Å²) in [6, 6.07) is 20.1. The lowest BCUT2D eigenvalue weighted by Crippen LogP contribution is -2.52. The fourth-order valence-corrected chi connectivity index (χ4v) is 4.36. The van der Waals surface area contributed by atoms with Gasteiger partial charge in [0, 0.05) is 31.9 Å². The summed E-state index contributed by atoms with van der Waals surface area (Å²) in [4.78, 5) is 31.2. The van der Waals surface area contributed by atoms with E-state index in [1.807, 2.05) is 58.8 Å². The minimum Gasteiger partial charge on any atom is -0.368 e. The van der Waals surface area contributed by atoms with Crippen LogP contribution in [0.5, 0.6) is 0 Å². The highest BCUT2D eigenvalue weighted by Crippen LogP contribution is 2.28. The summed E-state index contributed by atoms with van der Waals surface area (Å²) in [7, 11) is 0. The third kappa shape index (κ3) is 4.07. The molecule has 2 aliphatic heterocycles. The molecule has 5 nitrogen and oxygen atoms in total. The predicted octanol–water partition coefficient (Wildman–Crippen LogP) is 2.91. The largest absolute Gasteiger partial charge is 0.368 e. The summed E-state index contributed by atoms with van der Waals surface area (Å²) >= 11 is 1.49. The van der Waals surface area contributed by atoms with Gasteiger partial charge in [-0.05, 0) is 23.1 Å². The van der Waals surface area contributed by atoms with Gasteiger partial charge in [-0.15, -0.1) is 11.8 Å². The molecule has 0 unspecified atom stereocenters. The molecule has 0 bridgehead atoms. The second-order valence-corrected chi connectivity index (χ2v) is 7.72. The summed E-state index contributed by atoms with van der Waals surface area (Å²) in [5, 5.41) is 1.98. The van der Waals surface area contributed by atoms with Crippen LogP contribution in [-0.2, 0) is 9.59 Å². The van der Waals surface area contributed by atoms with Crippen LogP contribution in [0.25, 0.3) is 5.70 Å². The van der Waals surface area contributed by atoms with E-state index in [0.717, 1.165) is 24.4 Å². The van der Waals surface area contributed by atoms with E-state index in [2.05, 4.69) is 17.0 Å². The molecular formula is C22H23N3O2S. The molecule has 1 saturated heterocycles. The van der Waals surface area contributed by atoms with Crippen molar-refractivity contribution in [1.29, 1.82) is 0 Å². The number of nitrogens with zero attached hydrogens (tertiary/aromatic N) is 3. The lowest BCUT2D eigenvalue weighted by molar-refractivity contribution is -0.137. The molecule has 2 aromatic carbocycles. The van der Waals surface area contributed by atoms with Gasteiger partial charge in [-0.25, -0.2) is 0 Å². The van der Waals surface area contributed by atoms with E-state index < -0.39 is 0 Å². The van der Waals surface area contributed by atoms with Gasteiger partial charge in [-0.1, -0.05) is 48.5 Å². The van der Waals surface area contributed by atoms with Crippen molar-refractivity contribution in [1.82, 2.24) is 9.80 Å². The standard InChI is InChI=1S/C22H23N3O2S/c26-21(24-13-11-23(12-14-24)19-9-5-2-6-10-19)15-25-20(16-28-17-22(25)27)18-7-3-1-4-8-18/h1-10,16H,11-15,17H2. The molecule has 144 valence electrons. The second kappa shape index (κ2) is 8.52. The normalized spacial score (nSPS) is 17.5. The summed E-state index contributed by atoms with van der Waals surface area (Å²) < 4.78 is 0. The third-order valence-corrected chi connectivity index (χ3v) is 5.91. The molecule has 0 spiro atoms. The Morgan fingerprint density at radius 2 is 1.54 bits per heavy atom. The monoisotopic (exact) mass is 393 g/mol. The van der Waals surface area contributed by atoms with Crippen molar-refractivity contribution in [3.63, 3.8) is 0 Å². The maximum Gasteiger partial charge on any atom is 0.242 e. The van der Waals surface area contributed by atoms with Crippen LogP contribution < -0.4 is 4.90 Å². The first kappa shape index (κ1) is 18.6. The van der Waals surface area contributed by atoms with Gasteiger partial charge in [-0.3, -0.25) is 9.59 Å². The average Bonchev–Trinajstić information content (AvgIpc) is 2.76. The number of piperazine rings is 1. The molecule has 0 radical (unpaired) electrons. The van der Waals surface area contributed by atoms with Crippen molar-refractivity contribution in [2.75, 3.05) is 43.4 Å². The Labute approximate surface area is 169 Å². The van der Waals surface area contributed by atoms with E-state index in [-0.39, 0.29) is 18.4 Å². The molecule has 2 aliphatic rings. The lowest BCUT2D eigenvalue weighted by atomic mass is 10.1. The smallest absolute Gasteiger partial charge is 0.242 e. The molecule has 0 N–H and O–H groups in total. The number of rotatable bonds is 4. The molecular weight excluding hydrogens is 370 g/mol. The molecule has 6 heteroatoms. The minimum absolute atomic E-state index is 0.00907. The number of thioether (sulfide) groups is 1. The van der Waals surface area contributed by atoms with Crippen LogP contribution in [0.15, 0.2) is 66.1 Å². The molecule has 2 heterocycles. The van der Waals surface area contributed by atoms with Gasteiger partial charge in [0.15, 0.2) is 0 Å². The van der Waals surface area contributed by atoms with Crippen molar-refractivity contribution >= 4 is 35.0 Å². The maximum atomic E-state index is 12.9. The molecule has 2 aromatic rings. The van der Waals surface area contributed by atoms with Crippen molar-refractivity contribution in [2.24, 2.45) is 0 Å². The molecule has 28 heavy (non-hydrogen) atoms. The molecule has 4 rings (SSSR count). The number of para-hydroxylation sites is 1. The van der Waals surface area contributed by atoms with E-state index in [9.17, 15) is 9.59 Å². The molecule has 0 saturated carbocycles. The van der Waals surface area contributed by atoms with Gasteiger partial charge in [0.25, 0.3) is 0 Å². The van der Waals surface area contributed by atoms with Crippen LogP contribution in [0.3, 0.4) is 0 Å². The van der Waals surface area contributed by atoms with Crippen molar-refractivity contribution in [3.8, 4) is 0 Å². The number of anilines is 1. The van der Waals surface area contributed by atoms with Gasteiger partial charge in [0.1, 0.15) is 6.54 Å². The first-order valence-corrected chi connectivity index (χ1v) is 10.5. The molecule has 1 fully saturated rings. The van der Waals surface area contributed by atoms with E-state index in [4.69, 9.17) is 0 Å². The van der Waals surface area contributed by atoms with E-state index >= 15 is 0 Å². The third-order valence-electron chi connectivity index (χ3n) is 5.11. The quantitative estimate of drug-likeness (QED) is 0.801. The Morgan fingerprint density at radius 1 is 0.893 bits per heavy atom. The number of carbonyl (C=O) groups excluding carboxylic acids is 2. The van der Waals surface area contributed by atoms with Gasteiger partial charge in [0.2, 0.25) is 11.8 Å². The fraction of sp³-hybridized carbons (Fsp3) is 0.273. The number of hydrogen-bond donors (Lipinski definition) is 0. The van der Waals surface area contributed by atoms with E-state index in [1.54, 1.807) is 4.90 Å². The molecule has 0 aromatic heterocycles. The van der Waals surface area contributed by atoms with Crippen LogP contribution >= 0.6 is 11.8 Å². The van der Waals surface area contributed by atoms with Crippen LogP contribution in [0.4, 0.5) is 5.69 Å². The first-order chi connectivity index (χ1) is 13.7. The van der Waals surface area contributed by atoms with Gasteiger partial charge in [0.05, 0.1) is 11.4 Å². The summed E-state index contributed by atoms with van der Waals surface area (Å²) in [5.74, 6) is 0.378. The Balaban J connectivity index is 1.41. The van der Waals surface area contributed by atoms with Gasteiger partial charge in [-0.2, -0.15) is 0 Å². The number of benzene rings is 2. The average molecular weight is 394 g/mol. The zero-order valence-corrected chi connectivity index (χ0v) is 16.5. The maximum absolute atomic E-state index is 12.9. The Morgan fingerprint density at radius 3 is 2.21 bits per heavy atom. The van der Waals surface area contributed by atoms with Crippen molar-refractivity contribution in [2.45, 2.75) is 0 Å². The zero-order valence-electron chi connectivity index (χ0n) is 15.7. The van der Waals surface area contributed by atoms with Gasteiger partial charge < -0.3 is 14.7 Å². The Kier molecular flexibility index (Phi) is 5.67. The highest BCUT2D eigenvalue weighted by atomic mass is 32.2. The highest BCUT2D eigenvalue weighted by molar-refractivity contribution is 8.03. The van der Waals surface area contributed by atoms with E-state index in [0.29, 0.717) is 18.8 Å². The summed E-state index contributed by atoms with van der Waals surface area (Å²) in [5.41, 5.74) is 2.97. The van der Waals surface area contributed by atoms with E-state index in [1.165, 1.54) is 17.4 Å². The SMILES string of the molecule is O=C(CN1C(=O)CSC=C1c1ccccc1)N1CCN(c2ccccc2)CC1. The molecule has 2 amide bonds. The second-order valence-electron chi connectivity index (χ2n) is 6.86. The lowest BCUT2D eigenvalue weighted by Gasteiger charge is -2.37. The molecule has 0 aliphatic carbocycles. The van der Waals surface area contributed by atoms with Crippen LogP contribution in [0.1, 0.15) is 5.56 Å². The van der Waals surface area contributed by atoms with Crippen LogP contribution in [0.2, 0.25) is 0 Å². The Hall–Kier alpha value is -2.73. The summed E-state index contributed by atoms with van der Waals surface area (Å²) in [6.07, 6.45) is 0. The Bertz CT molecular complexity index is 862. The van der Waals surface area contributed by atoms with Gasteiger partial charge >= 0.3 is 0 Å². The zero-order chi connectivity index (χ0) is 19.3. The summed E-state index contributed by atoms with van der Waals surface area (Å²) in [6.45, 7) is 3.07. The van der Waals surface area contributed by atoms with Crippen molar-refractivity contribution in [3.05, 3.63) is 71.6 Å². The van der Waals surface area contributed by atoms with Crippen LogP contribution in [0, 0.1) is 0 Å². The fourth-order valence-electron chi connectivity index (χ4n) is 3.56. The van der Waals surface area contributed by atoms with Crippen molar-refractivity contribution < 1.29 is 9.59 Å².